The lowest BCUT2D eigenvalue weighted by molar-refractivity contribution is -0.146. The van der Waals surface area contributed by atoms with Gasteiger partial charge in [0.25, 0.3) is 5.91 Å². The van der Waals surface area contributed by atoms with Crippen LogP contribution in [0.2, 0.25) is 10.0 Å². The fraction of sp³-hybridized carbons (Fsp3) is 0.375. The molecule has 3 aliphatic rings. The molecule has 166 valence electrons. The summed E-state index contributed by atoms with van der Waals surface area (Å²) < 4.78 is 0. The van der Waals surface area contributed by atoms with Crippen molar-refractivity contribution in [1.29, 1.82) is 0 Å². The molecule has 3 aliphatic heterocycles. The molecule has 0 saturated carbocycles. The number of carbonyl (C=O) groups is 3. The quantitative estimate of drug-likeness (QED) is 0.613. The van der Waals surface area contributed by atoms with Crippen molar-refractivity contribution in [2.45, 2.75) is 32.7 Å². The predicted octanol–water partition coefficient (Wildman–Crippen LogP) is 4.67. The molecular formula is C24H23Cl2N3O3. The molecule has 3 heterocycles. The molecule has 4 amide bonds. The first kappa shape index (κ1) is 21.3. The minimum atomic E-state index is -1.45. The number of nitrogens with zero attached hydrogens (tertiary/aromatic N) is 2. The van der Waals surface area contributed by atoms with Crippen molar-refractivity contribution >= 4 is 52.4 Å². The molecule has 2 fully saturated rings. The average Bonchev–Trinajstić information content (AvgIpc) is 2.74. The monoisotopic (exact) mass is 471 g/mol. The van der Waals surface area contributed by atoms with Crippen molar-refractivity contribution < 1.29 is 14.4 Å². The fourth-order valence-electron chi connectivity index (χ4n) is 5.89. The number of fused-ring (bicyclic) bond motifs is 4. The number of barbiturate groups is 1. The van der Waals surface area contributed by atoms with E-state index in [-0.39, 0.29) is 29.1 Å². The SMILES string of the molecule is C[C@H]1C[C@@H](C)[C@H]2N(C1)c1ccccc1C[C@@]21C(=O)NC(=O)N(c2cc(Cl)ccc2Cl)C1=O. The minimum Gasteiger partial charge on any atom is -0.366 e. The summed E-state index contributed by atoms with van der Waals surface area (Å²) >= 11 is 12.5. The summed E-state index contributed by atoms with van der Waals surface area (Å²) in [7, 11) is 0. The number of hydrogen-bond donors (Lipinski definition) is 1. The number of nitrogens with one attached hydrogen (secondary N) is 1. The average molecular weight is 472 g/mol. The molecule has 5 rings (SSSR count). The van der Waals surface area contributed by atoms with E-state index in [2.05, 4.69) is 24.1 Å². The molecule has 0 bridgehead atoms. The Morgan fingerprint density at radius 1 is 1.03 bits per heavy atom. The van der Waals surface area contributed by atoms with Gasteiger partial charge in [-0.15, -0.1) is 0 Å². The van der Waals surface area contributed by atoms with E-state index in [1.807, 2.05) is 24.3 Å². The van der Waals surface area contributed by atoms with Crippen LogP contribution in [0.25, 0.3) is 0 Å². The molecule has 8 heteroatoms. The first-order chi connectivity index (χ1) is 15.2. The van der Waals surface area contributed by atoms with Crippen LogP contribution in [0.3, 0.4) is 0 Å². The van der Waals surface area contributed by atoms with Gasteiger partial charge in [-0.05, 0) is 54.5 Å². The van der Waals surface area contributed by atoms with Crippen LogP contribution >= 0.6 is 23.2 Å². The van der Waals surface area contributed by atoms with Crippen LogP contribution in [0.1, 0.15) is 25.8 Å². The predicted molar refractivity (Wildman–Crippen MR) is 124 cm³/mol. The summed E-state index contributed by atoms with van der Waals surface area (Å²) in [6.45, 7) is 5.00. The van der Waals surface area contributed by atoms with Gasteiger partial charge in [0, 0.05) is 17.3 Å². The van der Waals surface area contributed by atoms with E-state index in [1.165, 1.54) is 12.1 Å². The highest BCUT2D eigenvalue weighted by atomic mass is 35.5. The van der Waals surface area contributed by atoms with Gasteiger partial charge in [-0.25, -0.2) is 9.69 Å². The van der Waals surface area contributed by atoms with Crippen LogP contribution in [0.5, 0.6) is 0 Å². The van der Waals surface area contributed by atoms with Gasteiger partial charge in [0.05, 0.1) is 16.8 Å². The first-order valence-corrected chi connectivity index (χ1v) is 11.5. The zero-order valence-electron chi connectivity index (χ0n) is 17.8. The van der Waals surface area contributed by atoms with E-state index >= 15 is 0 Å². The number of benzene rings is 2. The molecule has 0 aliphatic carbocycles. The number of carbonyl (C=O) groups excluding carboxylic acids is 3. The maximum Gasteiger partial charge on any atom is 0.335 e. The molecule has 32 heavy (non-hydrogen) atoms. The number of urea groups is 1. The van der Waals surface area contributed by atoms with Crippen LogP contribution in [-0.4, -0.2) is 30.4 Å². The van der Waals surface area contributed by atoms with Crippen molar-refractivity contribution in [2.75, 3.05) is 16.3 Å². The van der Waals surface area contributed by atoms with E-state index in [0.29, 0.717) is 10.9 Å². The number of amides is 4. The fourth-order valence-corrected chi connectivity index (χ4v) is 6.25. The topological polar surface area (TPSA) is 69.7 Å². The third-order valence-electron chi connectivity index (χ3n) is 7.00. The van der Waals surface area contributed by atoms with Crippen molar-refractivity contribution in [3.05, 3.63) is 58.1 Å². The summed E-state index contributed by atoms with van der Waals surface area (Å²) in [6.07, 6.45) is 1.10. The molecular weight excluding hydrogens is 449 g/mol. The molecule has 2 saturated heterocycles. The lowest BCUT2D eigenvalue weighted by Gasteiger charge is -2.56. The second-order valence-corrected chi connectivity index (χ2v) is 10.0. The van der Waals surface area contributed by atoms with Crippen molar-refractivity contribution in [3.63, 3.8) is 0 Å². The molecule has 0 unspecified atom stereocenters. The number of para-hydroxylation sites is 1. The summed E-state index contributed by atoms with van der Waals surface area (Å²) in [4.78, 5) is 43.8. The number of rotatable bonds is 1. The lowest BCUT2D eigenvalue weighted by atomic mass is 9.62. The summed E-state index contributed by atoms with van der Waals surface area (Å²) in [5.41, 5.74) is 0.690. The summed E-state index contributed by atoms with van der Waals surface area (Å²) in [6, 6.07) is 11.3. The normalized spacial score (nSPS) is 29.6. The number of anilines is 2. The zero-order chi connectivity index (χ0) is 22.8. The Morgan fingerprint density at radius 2 is 1.78 bits per heavy atom. The molecule has 4 atom stereocenters. The Hall–Kier alpha value is -2.57. The zero-order valence-corrected chi connectivity index (χ0v) is 19.3. The highest BCUT2D eigenvalue weighted by Crippen LogP contribution is 2.50. The van der Waals surface area contributed by atoms with Crippen LogP contribution in [-0.2, 0) is 16.0 Å². The molecule has 2 aromatic rings. The van der Waals surface area contributed by atoms with Gasteiger partial charge in [-0.3, -0.25) is 14.9 Å². The molecule has 1 spiro atoms. The number of hydrogen-bond acceptors (Lipinski definition) is 4. The second kappa shape index (κ2) is 7.49. The molecule has 0 radical (unpaired) electrons. The standard InChI is InChI=1S/C24H23Cl2N3O3/c1-13-9-14(2)20-24(11-15-5-3-4-6-18(15)28(20)12-13)21(30)27-23(32)29(22(24)31)19-10-16(25)7-8-17(19)26/h3-8,10,13-14,20H,9,11-12H2,1-2H3,(H,27,30,32)/t13-,14+,20+,24-/m0/s1. The highest BCUT2D eigenvalue weighted by Gasteiger charge is 2.64. The number of imide groups is 2. The van der Waals surface area contributed by atoms with E-state index in [0.717, 1.165) is 29.1 Å². The van der Waals surface area contributed by atoms with Gasteiger partial charge in [-0.1, -0.05) is 55.2 Å². The van der Waals surface area contributed by atoms with E-state index < -0.39 is 23.3 Å². The van der Waals surface area contributed by atoms with Gasteiger partial charge in [0.1, 0.15) is 0 Å². The van der Waals surface area contributed by atoms with Crippen LogP contribution < -0.4 is 15.1 Å². The molecule has 0 aromatic heterocycles. The largest absolute Gasteiger partial charge is 0.366 e. The third kappa shape index (κ3) is 2.96. The first-order valence-electron chi connectivity index (χ1n) is 10.7. The Morgan fingerprint density at radius 3 is 2.56 bits per heavy atom. The van der Waals surface area contributed by atoms with E-state index in [4.69, 9.17) is 23.2 Å². The molecule has 6 nitrogen and oxygen atoms in total. The Bertz CT molecular complexity index is 1150. The van der Waals surface area contributed by atoms with Crippen molar-refractivity contribution in [3.8, 4) is 0 Å². The van der Waals surface area contributed by atoms with Crippen LogP contribution in [0.15, 0.2) is 42.5 Å². The number of piperidine rings is 1. The Labute approximate surface area is 196 Å². The Kier molecular flexibility index (Phi) is 4.98. The van der Waals surface area contributed by atoms with Gasteiger partial charge in [0.2, 0.25) is 5.91 Å². The highest BCUT2D eigenvalue weighted by molar-refractivity contribution is 6.39. The van der Waals surface area contributed by atoms with Gasteiger partial charge >= 0.3 is 6.03 Å². The minimum absolute atomic E-state index is 0.0618. The summed E-state index contributed by atoms with van der Waals surface area (Å²) in [5, 5.41) is 3.01. The second-order valence-electron chi connectivity index (χ2n) is 9.19. The molecule has 1 N–H and O–H groups in total. The maximum absolute atomic E-state index is 14.2. The lowest BCUT2D eigenvalue weighted by Crippen LogP contribution is -2.74. The van der Waals surface area contributed by atoms with E-state index in [1.54, 1.807) is 6.07 Å². The van der Waals surface area contributed by atoms with Gasteiger partial charge in [-0.2, -0.15) is 0 Å². The van der Waals surface area contributed by atoms with Gasteiger partial charge < -0.3 is 4.90 Å². The van der Waals surface area contributed by atoms with Crippen molar-refractivity contribution in [2.24, 2.45) is 17.3 Å². The Balaban J connectivity index is 1.71. The van der Waals surface area contributed by atoms with Gasteiger partial charge in [0.15, 0.2) is 5.41 Å². The third-order valence-corrected chi connectivity index (χ3v) is 7.55. The number of halogens is 2. The maximum atomic E-state index is 14.2. The smallest absolute Gasteiger partial charge is 0.335 e. The van der Waals surface area contributed by atoms with Crippen molar-refractivity contribution in [1.82, 2.24) is 5.32 Å². The summed E-state index contributed by atoms with van der Waals surface area (Å²) in [5.74, 6) is -0.632. The van der Waals surface area contributed by atoms with Crippen LogP contribution in [0.4, 0.5) is 16.2 Å². The molecule has 2 aromatic carbocycles. The van der Waals surface area contributed by atoms with E-state index in [9.17, 15) is 14.4 Å². The van der Waals surface area contributed by atoms with Crippen LogP contribution in [0, 0.1) is 17.3 Å².